The number of nitrogens with zero attached hydrogens (tertiary/aromatic N) is 1. The lowest BCUT2D eigenvalue weighted by atomic mass is 9.94. The van der Waals surface area contributed by atoms with E-state index in [2.05, 4.69) is 39.9 Å². The number of nitrogens with one attached hydrogen (secondary N) is 1. The predicted octanol–water partition coefficient (Wildman–Crippen LogP) is 2.07. The molecule has 1 heterocycles. The number of hydrogen-bond donors (Lipinski definition) is 1. The van der Waals surface area contributed by atoms with Gasteiger partial charge in [0.15, 0.2) is 0 Å². The standard InChI is InChI=1S/C14H30N2O2S/c1-6-15-13-7-9-16(11-12(13)2)19(17,18)10-8-14(3,4)5/h12-13,15H,6-11H2,1-5H3. The summed E-state index contributed by atoms with van der Waals surface area (Å²) >= 11 is 0. The molecule has 1 rings (SSSR count). The van der Waals surface area contributed by atoms with E-state index in [0.29, 0.717) is 25.0 Å². The molecule has 0 radical (unpaired) electrons. The van der Waals surface area contributed by atoms with Crippen molar-refractivity contribution in [1.82, 2.24) is 9.62 Å². The van der Waals surface area contributed by atoms with Crippen molar-refractivity contribution < 1.29 is 8.42 Å². The summed E-state index contributed by atoms with van der Waals surface area (Å²) in [6, 6.07) is 0.457. The van der Waals surface area contributed by atoms with E-state index >= 15 is 0 Å². The van der Waals surface area contributed by atoms with Crippen molar-refractivity contribution >= 4 is 10.0 Å². The van der Waals surface area contributed by atoms with Gasteiger partial charge in [-0.3, -0.25) is 0 Å². The molecule has 0 spiro atoms. The Morgan fingerprint density at radius 2 is 1.95 bits per heavy atom. The van der Waals surface area contributed by atoms with Crippen LogP contribution in [0.3, 0.4) is 0 Å². The van der Waals surface area contributed by atoms with Crippen molar-refractivity contribution in [2.24, 2.45) is 11.3 Å². The summed E-state index contributed by atoms with van der Waals surface area (Å²) in [7, 11) is -3.08. The summed E-state index contributed by atoms with van der Waals surface area (Å²) in [6.45, 7) is 12.8. The van der Waals surface area contributed by atoms with Crippen LogP contribution in [0.25, 0.3) is 0 Å². The molecule has 4 nitrogen and oxygen atoms in total. The van der Waals surface area contributed by atoms with Gasteiger partial charge in [-0.1, -0.05) is 34.6 Å². The van der Waals surface area contributed by atoms with E-state index in [1.807, 2.05) is 0 Å². The van der Waals surface area contributed by atoms with Crippen molar-refractivity contribution in [3.8, 4) is 0 Å². The van der Waals surface area contributed by atoms with Gasteiger partial charge in [-0.2, -0.15) is 0 Å². The van der Waals surface area contributed by atoms with Crippen molar-refractivity contribution in [3.05, 3.63) is 0 Å². The van der Waals surface area contributed by atoms with E-state index < -0.39 is 10.0 Å². The van der Waals surface area contributed by atoms with E-state index in [1.165, 1.54) is 0 Å². The fourth-order valence-electron chi connectivity index (χ4n) is 2.49. The van der Waals surface area contributed by atoms with Gasteiger partial charge in [0.2, 0.25) is 10.0 Å². The predicted molar refractivity (Wildman–Crippen MR) is 80.7 cm³/mol. The molecule has 0 bridgehead atoms. The quantitative estimate of drug-likeness (QED) is 0.843. The highest BCUT2D eigenvalue weighted by Crippen LogP contribution is 2.24. The molecular weight excluding hydrogens is 260 g/mol. The molecule has 0 amide bonds. The highest BCUT2D eigenvalue weighted by Gasteiger charge is 2.32. The number of hydrogen-bond acceptors (Lipinski definition) is 3. The Balaban J connectivity index is 2.57. The van der Waals surface area contributed by atoms with Crippen molar-refractivity contribution in [1.29, 1.82) is 0 Å². The van der Waals surface area contributed by atoms with Crippen molar-refractivity contribution in [2.75, 3.05) is 25.4 Å². The first-order valence-electron chi connectivity index (χ1n) is 7.37. The third-order valence-corrected chi connectivity index (χ3v) is 5.68. The van der Waals surface area contributed by atoms with E-state index in [4.69, 9.17) is 0 Å². The Labute approximate surface area is 119 Å². The number of piperidine rings is 1. The SMILES string of the molecule is CCNC1CCN(S(=O)(=O)CCC(C)(C)C)CC1C. The van der Waals surface area contributed by atoms with Crippen LogP contribution in [0.5, 0.6) is 0 Å². The molecule has 1 saturated heterocycles. The molecule has 1 N–H and O–H groups in total. The van der Waals surface area contributed by atoms with Gasteiger partial charge in [-0.15, -0.1) is 0 Å². The normalized spacial score (nSPS) is 26.6. The fraction of sp³-hybridized carbons (Fsp3) is 1.00. The van der Waals surface area contributed by atoms with E-state index in [0.717, 1.165) is 19.4 Å². The smallest absolute Gasteiger partial charge is 0.214 e. The van der Waals surface area contributed by atoms with Crippen LogP contribution in [0, 0.1) is 11.3 Å². The van der Waals surface area contributed by atoms with Crippen molar-refractivity contribution in [2.45, 2.75) is 53.5 Å². The Morgan fingerprint density at radius 3 is 2.42 bits per heavy atom. The largest absolute Gasteiger partial charge is 0.314 e. The third kappa shape index (κ3) is 5.40. The summed E-state index contributed by atoms with van der Waals surface area (Å²) in [5, 5.41) is 3.44. The lowest BCUT2D eigenvalue weighted by Gasteiger charge is -2.36. The maximum atomic E-state index is 12.3. The van der Waals surface area contributed by atoms with Crippen LogP contribution >= 0.6 is 0 Å². The Hall–Kier alpha value is -0.130. The van der Waals surface area contributed by atoms with E-state index in [1.54, 1.807) is 4.31 Å². The highest BCUT2D eigenvalue weighted by atomic mass is 32.2. The van der Waals surface area contributed by atoms with Crippen LogP contribution in [-0.2, 0) is 10.0 Å². The van der Waals surface area contributed by atoms with Gasteiger partial charge in [0.1, 0.15) is 0 Å². The average Bonchev–Trinajstić information content (AvgIpc) is 2.29. The molecule has 0 aromatic rings. The Kier molecular flexibility index (Phi) is 5.83. The van der Waals surface area contributed by atoms with Gasteiger partial charge in [-0.05, 0) is 30.7 Å². The molecule has 1 aliphatic rings. The van der Waals surface area contributed by atoms with Gasteiger partial charge in [0.25, 0.3) is 0 Å². The van der Waals surface area contributed by atoms with Crippen LogP contribution in [0.15, 0.2) is 0 Å². The van der Waals surface area contributed by atoms with Crippen LogP contribution in [0.2, 0.25) is 0 Å². The monoisotopic (exact) mass is 290 g/mol. The Morgan fingerprint density at radius 1 is 1.32 bits per heavy atom. The summed E-state index contributed by atoms with van der Waals surface area (Å²) in [6.07, 6.45) is 1.64. The maximum absolute atomic E-state index is 12.3. The molecule has 2 unspecified atom stereocenters. The van der Waals surface area contributed by atoms with E-state index in [-0.39, 0.29) is 11.2 Å². The Bertz CT molecular complexity index is 373. The van der Waals surface area contributed by atoms with Gasteiger partial charge in [-0.25, -0.2) is 12.7 Å². The molecule has 19 heavy (non-hydrogen) atoms. The van der Waals surface area contributed by atoms with Gasteiger partial charge in [0.05, 0.1) is 5.75 Å². The zero-order valence-electron chi connectivity index (χ0n) is 13.1. The third-order valence-electron chi connectivity index (χ3n) is 3.84. The average molecular weight is 290 g/mol. The molecule has 0 aromatic heterocycles. The summed E-state index contributed by atoms with van der Waals surface area (Å²) in [4.78, 5) is 0. The van der Waals surface area contributed by atoms with Gasteiger partial charge < -0.3 is 5.32 Å². The lowest BCUT2D eigenvalue weighted by molar-refractivity contribution is 0.221. The molecular formula is C14H30N2O2S. The summed E-state index contributed by atoms with van der Waals surface area (Å²) in [5.74, 6) is 0.660. The summed E-state index contributed by atoms with van der Waals surface area (Å²) < 4.78 is 26.4. The van der Waals surface area contributed by atoms with Crippen LogP contribution < -0.4 is 5.32 Å². The van der Waals surface area contributed by atoms with Crippen LogP contribution in [0.1, 0.15) is 47.5 Å². The highest BCUT2D eigenvalue weighted by molar-refractivity contribution is 7.89. The minimum absolute atomic E-state index is 0.0702. The molecule has 5 heteroatoms. The first kappa shape index (κ1) is 16.9. The van der Waals surface area contributed by atoms with Crippen LogP contribution in [0.4, 0.5) is 0 Å². The second-order valence-electron chi connectivity index (χ2n) is 6.91. The van der Waals surface area contributed by atoms with Crippen LogP contribution in [-0.4, -0.2) is 44.2 Å². The maximum Gasteiger partial charge on any atom is 0.214 e. The number of sulfonamides is 1. The molecule has 2 atom stereocenters. The second-order valence-corrected chi connectivity index (χ2v) is 9.00. The molecule has 0 aliphatic carbocycles. The molecule has 0 aromatic carbocycles. The zero-order valence-corrected chi connectivity index (χ0v) is 13.9. The van der Waals surface area contributed by atoms with E-state index in [9.17, 15) is 8.42 Å². The first-order valence-corrected chi connectivity index (χ1v) is 8.98. The lowest BCUT2D eigenvalue weighted by Crippen LogP contribution is -2.50. The van der Waals surface area contributed by atoms with Crippen molar-refractivity contribution in [3.63, 3.8) is 0 Å². The zero-order chi connectivity index (χ0) is 14.7. The minimum Gasteiger partial charge on any atom is -0.314 e. The minimum atomic E-state index is -3.08. The molecule has 114 valence electrons. The van der Waals surface area contributed by atoms with Gasteiger partial charge in [0, 0.05) is 19.1 Å². The summed E-state index contributed by atoms with van der Waals surface area (Å²) in [5.41, 5.74) is 0.0702. The second kappa shape index (κ2) is 6.55. The number of rotatable bonds is 5. The van der Waals surface area contributed by atoms with Gasteiger partial charge >= 0.3 is 0 Å². The molecule has 0 saturated carbocycles. The fourth-order valence-corrected chi connectivity index (χ4v) is 4.46. The topological polar surface area (TPSA) is 49.4 Å². The molecule has 1 aliphatic heterocycles. The molecule has 1 fully saturated rings. The first-order chi connectivity index (χ1) is 8.65.